The van der Waals surface area contributed by atoms with E-state index >= 15 is 0 Å². The highest BCUT2D eigenvalue weighted by atomic mass is 19.1. The first-order valence-corrected chi connectivity index (χ1v) is 11.6. The van der Waals surface area contributed by atoms with Crippen molar-refractivity contribution < 1.29 is 9.13 Å². The minimum atomic E-state index is -0.266. The zero-order valence-corrected chi connectivity index (χ0v) is 18.9. The van der Waals surface area contributed by atoms with Crippen molar-refractivity contribution in [2.45, 2.75) is 57.4 Å². The van der Waals surface area contributed by atoms with Crippen LogP contribution in [0.25, 0.3) is 11.1 Å². The topological polar surface area (TPSA) is 98.8 Å². The van der Waals surface area contributed by atoms with Gasteiger partial charge in [0.15, 0.2) is 5.75 Å². The number of anilines is 1. The average molecular weight is 447 g/mol. The van der Waals surface area contributed by atoms with E-state index in [1.807, 2.05) is 14.0 Å². The molecule has 2 aromatic heterocycles. The van der Waals surface area contributed by atoms with Crippen LogP contribution in [0.3, 0.4) is 0 Å². The third-order valence-electron chi connectivity index (χ3n) is 7.83. The fourth-order valence-corrected chi connectivity index (χ4v) is 5.92. The van der Waals surface area contributed by atoms with Crippen molar-refractivity contribution in [2.75, 3.05) is 12.4 Å². The molecule has 3 aliphatic carbocycles. The number of fused-ring (bicyclic) bond motifs is 3. The second-order valence-corrected chi connectivity index (χ2v) is 9.63. The van der Waals surface area contributed by atoms with Gasteiger partial charge in [-0.05, 0) is 67.7 Å². The molecule has 3 aliphatic rings. The summed E-state index contributed by atoms with van der Waals surface area (Å²) in [5, 5.41) is 3.14. The molecule has 0 amide bonds. The molecule has 8 heteroatoms. The molecule has 1 unspecified atom stereocenters. The molecule has 33 heavy (non-hydrogen) atoms. The first kappa shape index (κ1) is 20.5. The van der Waals surface area contributed by atoms with Crippen LogP contribution in [0, 0.1) is 18.2 Å². The van der Waals surface area contributed by atoms with E-state index in [9.17, 15) is 4.39 Å². The lowest BCUT2D eigenvalue weighted by Crippen LogP contribution is -2.49. The van der Waals surface area contributed by atoms with Gasteiger partial charge in [-0.2, -0.15) is 9.97 Å². The lowest BCUT2D eigenvalue weighted by Gasteiger charge is -2.45. The van der Waals surface area contributed by atoms with Gasteiger partial charge in [0.25, 0.3) is 0 Å². The first-order valence-electron chi connectivity index (χ1n) is 11.6. The van der Waals surface area contributed by atoms with Gasteiger partial charge in [0.05, 0.1) is 23.8 Å². The number of ether oxygens (including phenoxy) is 1. The molecule has 7 nitrogen and oxygen atoms in total. The van der Waals surface area contributed by atoms with Gasteiger partial charge in [0.2, 0.25) is 0 Å². The third-order valence-corrected chi connectivity index (χ3v) is 7.83. The highest BCUT2D eigenvalue weighted by molar-refractivity contribution is 5.83. The summed E-state index contributed by atoms with van der Waals surface area (Å²) in [7, 11) is 1.81. The standard InChI is InChI=1S/C25H27FN6O/c1-13-29-11-16(12-30-13)33-24-31-20-9-17-18(7-15(26)8-19(17)28-2)22(20)23(32-24)14-3-5-25(10-14)6-4-21(25)27/h7-8,11-12,14,21,28H,3-6,9-10,27H2,1-2H3/t14?,21-,25-/m0/s1. The third kappa shape index (κ3) is 3.27. The molecule has 2 fully saturated rings. The zero-order valence-electron chi connectivity index (χ0n) is 18.9. The summed E-state index contributed by atoms with van der Waals surface area (Å²) in [5.41, 5.74) is 12.1. The molecule has 0 saturated heterocycles. The highest BCUT2D eigenvalue weighted by Gasteiger charge is 2.50. The molecule has 1 aromatic carbocycles. The van der Waals surface area contributed by atoms with Crippen LogP contribution >= 0.6 is 0 Å². The number of nitrogens with two attached hydrogens (primary N) is 1. The number of aromatic nitrogens is 4. The highest BCUT2D eigenvalue weighted by Crippen LogP contribution is 2.58. The number of rotatable bonds is 4. The Balaban J connectivity index is 1.45. The Hall–Kier alpha value is -3.13. The predicted octanol–water partition coefficient (Wildman–Crippen LogP) is 4.49. The van der Waals surface area contributed by atoms with Gasteiger partial charge >= 0.3 is 6.01 Å². The molecule has 170 valence electrons. The van der Waals surface area contributed by atoms with E-state index < -0.39 is 0 Å². The van der Waals surface area contributed by atoms with E-state index in [0.717, 1.165) is 59.4 Å². The van der Waals surface area contributed by atoms with Gasteiger partial charge in [-0.1, -0.05) is 0 Å². The smallest absolute Gasteiger partial charge is 0.322 e. The molecule has 3 atom stereocenters. The maximum atomic E-state index is 14.5. The van der Waals surface area contributed by atoms with Crippen molar-refractivity contribution in [2.24, 2.45) is 11.1 Å². The molecule has 3 aromatic rings. The van der Waals surface area contributed by atoms with Crippen LogP contribution in [-0.2, 0) is 6.42 Å². The number of nitrogens with zero attached hydrogens (tertiary/aromatic N) is 4. The van der Waals surface area contributed by atoms with Gasteiger partial charge in [-0.25, -0.2) is 14.4 Å². The number of halogens is 1. The van der Waals surface area contributed by atoms with Crippen LogP contribution in [0.5, 0.6) is 11.8 Å². The van der Waals surface area contributed by atoms with Gasteiger partial charge in [-0.15, -0.1) is 0 Å². The Morgan fingerprint density at radius 1 is 1.15 bits per heavy atom. The lowest BCUT2D eigenvalue weighted by molar-refractivity contribution is 0.100. The van der Waals surface area contributed by atoms with E-state index in [2.05, 4.69) is 15.3 Å². The molecule has 0 bridgehead atoms. The van der Waals surface area contributed by atoms with Gasteiger partial charge in [-0.3, -0.25) is 0 Å². The Kier molecular flexibility index (Phi) is 4.62. The van der Waals surface area contributed by atoms with E-state index in [1.54, 1.807) is 18.5 Å². The van der Waals surface area contributed by atoms with Crippen molar-refractivity contribution in [1.29, 1.82) is 0 Å². The van der Waals surface area contributed by atoms with Crippen LogP contribution in [0.1, 0.15) is 60.8 Å². The molecule has 2 saturated carbocycles. The normalized spacial score (nSPS) is 25.0. The summed E-state index contributed by atoms with van der Waals surface area (Å²) in [4.78, 5) is 18.1. The first-order chi connectivity index (χ1) is 16.0. The fourth-order valence-electron chi connectivity index (χ4n) is 5.92. The van der Waals surface area contributed by atoms with E-state index in [4.69, 9.17) is 20.4 Å². The summed E-state index contributed by atoms with van der Waals surface area (Å²) in [6.45, 7) is 1.82. The number of benzene rings is 1. The largest absolute Gasteiger partial charge is 0.421 e. The Morgan fingerprint density at radius 2 is 1.94 bits per heavy atom. The Morgan fingerprint density at radius 3 is 2.61 bits per heavy atom. The summed E-state index contributed by atoms with van der Waals surface area (Å²) in [6.07, 6.45) is 9.26. The van der Waals surface area contributed by atoms with Crippen LogP contribution in [-0.4, -0.2) is 33.0 Å². The van der Waals surface area contributed by atoms with Crippen molar-refractivity contribution in [3.05, 3.63) is 53.1 Å². The minimum Gasteiger partial charge on any atom is -0.421 e. The van der Waals surface area contributed by atoms with Crippen molar-refractivity contribution in [3.8, 4) is 22.9 Å². The van der Waals surface area contributed by atoms with Gasteiger partial charge in [0, 0.05) is 36.7 Å². The van der Waals surface area contributed by atoms with E-state index in [1.165, 1.54) is 12.5 Å². The van der Waals surface area contributed by atoms with Crippen LogP contribution < -0.4 is 15.8 Å². The van der Waals surface area contributed by atoms with Crippen molar-refractivity contribution in [1.82, 2.24) is 19.9 Å². The Labute approximate surface area is 192 Å². The van der Waals surface area contributed by atoms with E-state index in [0.29, 0.717) is 18.0 Å². The molecule has 2 heterocycles. The summed E-state index contributed by atoms with van der Waals surface area (Å²) in [5.74, 6) is 1.14. The molecule has 1 spiro atoms. The fraction of sp³-hybridized carbons (Fsp3) is 0.440. The van der Waals surface area contributed by atoms with Crippen molar-refractivity contribution in [3.63, 3.8) is 0 Å². The quantitative estimate of drug-likeness (QED) is 0.476. The second-order valence-electron chi connectivity index (χ2n) is 9.63. The summed E-state index contributed by atoms with van der Waals surface area (Å²) in [6, 6.07) is 3.70. The maximum Gasteiger partial charge on any atom is 0.322 e. The molecule has 3 N–H and O–H groups in total. The monoisotopic (exact) mass is 446 g/mol. The SMILES string of the molecule is CNc1cc(F)cc2c1Cc1nc(Oc3cnc(C)nc3)nc(C3CC[C@]4(CC[C@@H]4N)C3)c1-2. The van der Waals surface area contributed by atoms with E-state index in [-0.39, 0.29) is 29.2 Å². The number of hydrogen-bond donors (Lipinski definition) is 2. The second kappa shape index (κ2) is 7.45. The van der Waals surface area contributed by atoms with Gasteiger partial charge in [0.1, 0.15) is 11.6 Å². The van der Waals surface area contributed by atoms with Crippen molar-refractivity contribution >= 4 is 5.69 Å². The zero-order chi connectivity index (χ0) is 22.7. The van der Waals surface area contributed by atoms with Crippen LogP contribution in [0.2, 0.25) is 0 Å². The van der Waals surface area contributed by atoms with Gasteiger partial charge < -0.3 is 15.8 Å². The number of nitrogens with one attached hydrogen (secondary N) is 1. The predicted molar refractivity (Wildman–Crippen MR) is 123 cm³/mol. The molecular weight excluding hydrogens is 419 g/mol. The number of hydrogen-bond acceptors (Lipinski definition) is 7. The molecule has 6 rings (SSSR count). The van der Waals surface area contributed by atoms with Crippen LogP contribution in [0.4, 0.5) is 10.1 Å². The maximum absolute atomic E-state index is 14.5. The molecule has 0 radical (unpaired) electrons. The summed E-state index contributed by atoms with van der Waals surface area (Å²) >= 11 is 0. The van der Waals surface area contributed by atoms with Crippen LogP contribution in [0.15, 0.2) is 24.5 Å². The summed E-state index contributed by atoms with van der Waals surface area (Å²) < 4.78 is 20.5. The average Bonchev–Trinajstić information content (AvgIpc) is 3.42. The number of aryl methyl sites for hydroxylation is 1. The Bertz CT molecular complexity index is 1250. The lowest BCUT2D eigenvalue weighted by atomic mass is 9.63. The minimum absolute atomic E-state index is 0.216. The molecular formula is C25H27FN6O. The molecule has 0 aliphatic heterocycles.